The largest absolute Gasteiger partial charge is 0.481 e. The summed E-state index contributed by atoms with van der Waals surface area (Å²) in [5.41, 5.74) is 2.01. The van der Waals surface area contributed by atoms with E-state index >= 15 is 0 Å². The van der Waals surface area contributed by atoms with E-state index in [1.807, 2.05) is 43.3 Å². The van der Waals surface area contributed by atoms with Crippen molar-refractivity contribution >= 4 is 35.2 Å². The number of likely N-dealkylation sites (tertiary alicyclic amines) is 1. The van der Waals surface area contributed by atoms with E-state index in [-0.39, 0.29) is 29.5 Å². The topological polar surface area (TPSA) is 86.7 Å². The second-order valence-electron chi connectivity index (χ2n) is 7.13. The molecule has 2 aliphatic heterocycles. The van der Waals surface area contributed by atoms with Gasteiger partial charge >= 0.3 is 5.97 Å². The highest BCUT2D eigenvalue weighted by Gasteiger charge is 2.40. The Hall–Kier alpha value is -2.80. The number of hydrogen-bond acceptors (Lipinski definition) is 4. The van der Waals surface area contributed by atoms with Gasteiger partial charge in [-0.05, 0) is 30.7 Å². The number of rotatable bonds is 3. The third-order valence-electron chi connectivity index (χ3n) is 5.31. The highest BCUT2D eigenvalue weighted by atomic mass is 32.2. The molecule has 0 radical (unpaired) electrons. The number of carbonyl (C=O) groups excluding carboxylic acids is 2. The van der Waals surface area contributed by atoms with E-state index in [0.29, 0.717) is 17.8 Å². The summed E-state index contributed by atoms with van der Waals surface area (Å²) < 4.78 is 0. The Kier molecular flexibility index (Phi) is 4.85. The summed E-state index contributed by atoms with van der Waals surface area (Å²) in [5, 5.41) is 12.3. The molecule has 2 N–H and O–H groups in total. The summed E-state index contributed by atoms with van der Waals surface area (Å²) in [6.45, 7) is 2.36. The number of fused-ring (bicyclic) bond motifs is 1. The average molecular weight is 396 g/mol. The van der Waals surface area contributed by atoms with Crippen molar-refractivity contribution in [1.29, 1.82) is 0 Å². The maximum absolute atomic E-state index is 13.0. The van der Waals surface area contributed by atoms with Crippen molar-refractivity contribution < 1.29 is 19.5 Å². The first-order valence-corrected chi connectivity index (χ1v) is 10.0. The summed E-state index contributed by atoms with van der Waals surface area (Å²) in [5.74, 6) is -2.08. The van der Waals surface area contributed by atoms with Gasteiger partial charge in [-0.3, -0.25) is 14.4 Å². The number of amides is 2. The first-order chi connectivity index (χ1) is 13.4. The molecule has 0 spiro atoms. The minimum absolute atomic E-state index is 0.0849. The predicted molar refractivity (Wildman–Crippen MR) is 107 cm³/mol. The first kappa shape index (κ1) is 18.6. The lowest BCUT2D eigenvalue weighted by Crippen LogP contribution is -2.30. The van der Waals surface area contributed by atoms with Gasteiger partial charge in [-0.15, -0.1) is 11.8 Å². The van der Waals surface area contributed by atoms with Crippen molar-refractivity contribution in [2.24, 2.45) is 5.92 Å². The van der Waals surface area contributed by atoms with E-state index in [0.717, 1.165) is 10.5 Å². The molecule has 1 fully saturated rings. The standard InChI is InChI=1S/C21H20N2O4S/c1-12-19(24)22-17-9-14(7-8-18(17)28-12)20(25)23-10-15(16(11-23)21(26)27)13-5-3-2-4-6-13/h2-9,12,15-16H,10-11H2,1H3,(H,22,24)(H,26,27)/t12?,15-,16-/m0/s1. The van der Waals surface area contributed by atoms with Gasteiger partial charge in [-0.25, -0.2) is 0 Å². The van der Waals surface area contributed by atoms with Crippen molar-refractivity contribution in [2.75, 3.05) is 18.4 Å². The van der Waals surface area contributed by atoms with Crippen LogP contribution in [0.15, 0.2) is 53.4 Å². The highest BCUT2D eigenvalue weighted by Crippen LogP contribution is 2.37. The fourth-order valence-corrected chi connectivity index (χ4v) is 4.71. The third kappa shape index (κ3) is 3.38. The zero-order valence-electron chi connectivity index (χ0n) is 15.3. The smallest absolute Gasteiger partial charge is 0.308 e. The molecule has 0 aromatic heterocycles. The molecule has 28 heavy (non-hydrogen) atoms. The molecular formula is C21H20N2O4S. The Morgan fingerprint density at radius 1 is 1.14 bits per heavy atom. The van der Waals surface area contributed by atoms with Gasteiger partial charge in [0.25, 0.3) is 5.91 Å². The number of benzene rings is 2. The van der Waals surface area contributed by atoms with Gasteiger partial charge in [0.15, 0.2) is 0 Å². The van der Waals surface area contributed by atoms with E-state index in [2.05, 4.69) is 5.32 Å². The Bertz CT molecular complexity index is 947. The zero-order chi connectivity index (χ0) is 19.8. The third-order valence-corrected chi connectivity index (χ3v) is 6.49. The van der Waals surface area contributed by atoms with Gasteiger partial charge in [0, 0.05) is 29.5 Å². The lowest BCUT2D eigenvalue weighted by Gasteiger charge is -2.23. The van der Waals surface area contributed by atoms with Crippen LogP contribution in [0.5, 0.6) is 0 Å². The van der Waals surface area contributed by atoms with Crippen molar-refractivity contribution in [1.82, 2.24) is 4.90 Å². The summed E-state index contributed by atoms with van der Waals surface area (Å²) in [7, 11) is 0. The molecule has 1 saturated heterocycles. The lowest BCUT2D eigenvalue weighted by atomic mass is 9.89. The maximum Gasteiger partial charge on any atom is 0.308 e. The Morgan fingerprint density at radius 3 is 2.61 bits per heavy atom. The number of carbonyl (C=O) groups is 3. The van der Waals surface area contributed by atoms with E-state index < -0.39 is 11.9 Å². The van der Waals surface area contributed by atoms with Crippen molar-refractivity contribution in [2.45, 2.75) is 23.0 Å². The maximum atomic E-state index is 13.0. The normalized spacial score (nSPS) is 23.8. The number of thioether (sulfide) groups is 1. The van der Waals surface area contributed by atoms with Gasteiger partial charge in [0.1, 0.15) is 0 Å². The minimum Gasteiger partial charge on any atom is -0.481 e. The average Bonchev–Trinajstić information content (AvgIpc) is 3.14. The van der Waals surface area contributed by atoms with Crippen molar-refractivity contribution in [3.05, 3.63) is 59.7 Å². The predicted octanol–water partition coefficient (Wildman–Crippen LogP) is 3.06. The molecule has 1 unspecified atom stereocenters. The van der Waals surface area contributed by atoms with Crippen LogP contribution in [0.25, 0.3) is 0 Å². The number of carboxylic acid groups (broad SMARTS) is 1. The number of nitrogens with one attached hydrogen (secondary N) is 1. The molecule has 7 heteroatoms. The van der Waals surface area contributed by atoms with Crippen LogP contribution in [-0.4, -0.2) is 46.1 Å². The highest BCUT2D eigenvalue weighted by molar-refractivity contribution is 8.00. The fraction of sp³-hybridized carbons (Fsp3) is 0.286. The number of hydrogen-bond donors (Lipinski definition) is 2. The Labute approximate surface area is 166 Å². The summed E-state index contributed by atoms with van der Waals surface area (Å²) >= 11 is 1.46. The van der Waals surface area contributed by atoms with Crippen LogP contribution < -0.4 is 5.32 Å². The molecule has 2 amide bonds. The van der Waals surface area contributed by atoms with Crippen LogP contribution in [0.3, 0.4) is 0 Å². The van der Waals surface area contributed by atoms with Gasteiger partial charge in [-0.1, -0.05) is 30.3 Å². The minimum atomic E-state index is -0.896. The van der Waals surface area contributed by atoms with Crippen LogP contribution in [0.2, 0.25) is 0 Å². The second-order valence-corrected chi connectivity index (χ2v) is 8.51. The van der Waals surface area contributed by atoms with Crippen molar-refractivity contribution in [3.8, 4) is 0 Å². The second kappa shape index (κ2) is 7.31. The summed E-state index contributed by atoms with van der Waals surface area (Å²) in [6.07, 6.45) is 0. The zero-order valence-corrected chi connectivity index (χ0v) is 16.1. The van der Waals surface area contributed by atoms with E-state index in [4.69, 9.17) is 0 Å². The van der Waals surface area contributed by atoms with E-state index in [1.165, 1.54) is 11.8 Å². The molecular weight excluding hydrogens is 376 g/mol. The molecule has 2 heterocycles. The van der Waals surface area contributed by atoms with Gasteiger partial charge < -0.3 is 15.3 Å². The van der Waals surface area contributed by atoms with Gasteiger partial charge in [-0.2, -0.15) is 0 Å². The number of aliphatic carboxylic acids is 1. The Balaban J connectivity index is 1.58. The molecule has 3 atom stereocenters. The molecule has 6 nitrogen and oxygen atoms in total. The van der Waals surface area contributed by atoms with Crippen LogP contribution in [0.1, 0.15) is 28.8 Å². The molecule has 144 valence electrons. The number of carboxylic acids is 1. The molecule has 0 bridgehead atoms. The molecule has 4 rings (SSSR count). The summed E-state index contributed by atoms with van der Waals surface area (Å²) in [6, 6.07) is 14.7. The molecule has 0 saturated carbocycles. The lowest BCUT2D eigenvalue weighted by molar-refractivity contribution is -0.141. The van der Waals surface area contributed by atoms with Crippen LogP contribution in [0, 0.1) is 5.92 Å². The van der Waals surface area contributed by atoms with E-state index in [1.54, 1.807) is 17.0 Å². The van der Waals surface area contributed by atoms with Crippen LogP contribution in [-0.2, 0) is 9.59 Å². The van der Waals surface area contributed by atoms with Gasteiger partial charge in [0.05, 0.1) is 16.9 Å². The Morgan fingerprint density at radius 2 is 1.89 bits per heavy atom. The molecule has 0 aliphatic carbocycles. The summed E-state index contributed by atoms with van der Waals surface area (Å²) in [4.78, 5) is 39.2. The SMILES string of the molecule is CC1Sc2ccc(C(=O)N3C[C@H](C(=O)O)[C@H](c4ccccc4)C3)cc2NC1=O. The van der Waals surface area contributed by atoms with Gasteiger partial charge in [0.2, 0.25) is 5.91 Å². The first-order valence-electron chi connectivity index (χ1n) is 9.12. The van der Waals surface area contributed by atoms with Crippen LogP contribution >= 0.6 is 11.8 Å². The monoisotopic (exact) mass is 396 g/mol. The van der Waals surface area contributed by atoms with Crippen molar-refractivity contribution in [3.63, 3.8) is 0 Å². The number of nitrogens with zero attached hydrogens (tertiary/aromatic N) is 1. The molecule has 2 aliphatic rings. The number of anilines is 1. The molecule has 2 aromatic rings. The molecule has 2 aromatic carbocycles. The van der Waals surface area contributed by atoms with E-state index in [9.17, 15) is 19.5 Å². The quantitative estimate of drug-likeness (QED) is 0.833. The van der Waals surface area contributed by atoms with Crippen LogP contribution in [0.4, 0.5) is 5.69 Å². The fourth-order valence-electron chi connectivity index (χ4n) is 3.78.